The SMILES string of the molecule is C=CC1=CC(=O)[C@H]2[C@@H](CC[C@H]3C(C)(C)C(=O)C[C@@H](O)[C@]23C)[C@H]1C. The van der Waals surface area contributed by atoms with Gasteiger partial charge in [0.2, 0.25) is 0 Å². The van der Waals surface area contributed by atoms with E-state index in [9.17, 15) is 14.7 Å². The van der Waals surface area contributed by atoms with Crippen molar-refractivity contribution < 1.29 is 14.7 Å². The predicted molar refractivity (Wildman–Crippen MR) is 89.7 cm³/mol. The topological polar surface area (TPSA) is 54.4 Å². The number of hydrogen-bond acceptors (Lipinski definition) is 3. The number of rotatable bonds is 1. The molecule has 23 heavy (non-hydrogen) atoms. The number of fused-ring (bicyclic) bond motifs is 3. The second-order valence-corrected chi connectivity index (χ2v) is 8.54. The largest absolute Gasteiger partial charge is 0.392 e. The zero-order valence-electron chi connectivity index (χ0n) is 14.6. The molecule has 0 aliphatic heterocycles. The molecule has 3 rings (SSSR count). The van der Waals surface area contributed by atoms with E-state index in [-0.39, 0.29) is 41.7 Å². The molecule has 6 atom stereocenters. The Morgan fingerprint density at radius 3 is 2.52 bits per heavy atom. The van der Waals surface area contributed by atoms with Crippen molar-refractivity contribution in [2.75, 3.05) is 0 Å². The zero-order chi connectivity index (χ0) is 17.2. The molecule has 0 spiro atoms. The van der Waals surface area contributed by atoms with Crippen molar-refractivity contribution in [1.29, 1.82) is 0 Å². The minimum Gasteiger partial charge on any atom is -0.392 e. The molecule has 0 saturated heterocycles. The molecule has 0 radical (unpaired) electrons. The maximum atomic E-state index is 12.9. The van der Waals surface area contributed by atoms with E-state index in [2.05, 4.69) is 13.5 Å². The summed E-state index contributed by atoms with van der Waals surface area (Å²) in [6, 6.07) is 0. The average molecular weight is 316 g/mol. The maximum Gasteiger partial charge on any atom is 0.159 e. The van der Waals surface area contributed by atoms with Gasteiger partial charge in [0, 0.05) is 23.2 Å². The summed E-state index contributed by atoms with van der Waals surface area (Å²) in [5, 5.41) is 10.8. The molecule has 3 aliphatic carbocycles. The van der Waals surface area contributed by atoms with Crippen molar-refractivity contribution in [3.05, 3.63) is 24.3 Å². The second-order valence-electron chi connectivity index (χ2n) is 8.54. The van der Waals surface area contributed by atoms with Crippen LogP contribution in [0.4, 0.5) is 0 Å². The first-order valence-corrected chi connectivity index (χ1v) is 8.75. The number of Topliss-reactive ketones (excluding diaryl/α,β-unsaturated/α-hetero) is 1. The molecule has 0 aromatic carbocycles. The summed E-state index contributed by atoms with van der Waals surface area (Å²) < 4.78 is 0. The summed E-state index contributed by atoms with van der Waals surface area (Å²) in [5.41, 5.74) is 0.0266. The van der Waals surface area contributed by atoms with Crippen LogP contribution in [0.25, 0.3) is 0 Å². The number of aliphatic hydroxyl groups excluding tert-OH is 1. The highest BCUT2D eigenvalue weighted by molar-refractivity contribution is 5.96. The average Bonchev–Trinajstić information content (AvgIpc) is 2.48. The third kappa shape index (κ3) is 2.05. The summed E-state index contributed by atoms with van der Waals surface area (Å²) in [5.74, 6) is 0.620. The minimum absolute atomic E-state index is 0.0577. The van der Waals surface area contributed by atoms with Crippen molar-refractivity contribution in [3.8, 4) is 0 Å². The van der Waals surface area contributed by atoms with Gasteiger partial charge in [0.05, 0.1) is 6.10 Å². The van der Waals surface area contributed by atoms with E-state index < -0.39 is 16.9 Å². The van der Waals surface area contributed by atoms with Gasteiger partial charge in [0.15, 0.2) is 5.78 Å². The van der Waals surface area contributed by atoms with E-state index in [1.807, 2.05) is 20.8 Å². The van der Waals surface area contributed by atoms with Gasteiger partial charge >= 0.3 is 0 Å². The van der Waals surface area contributed by atoms with Gasteiger partial charge in [0.1, 0.15) is 5.78 Å². The molecule has 0 amide bonds. The van der Waals surface area contributed by atoms with Gasteiger partial charge in [-0.3, -0.25) is 9.59 Å². The first-order valence-electron chi connectivity index (χ1n) is 8.75. The maximum absolute atomic E-state index is 12.9. The molecule has 3 heteroatoms. The Labute approximate surface area is 138 Å². The van der Waals surface area contributed by atoms with Gasteiger partial charge in [-0.15, -0.1) is 0 Å². The van der Waals surface area contributed by atoms with E-state index >= 15 is 0 Å². The lowest BCUT2D eigenvalue weighted by Crippen LogP contribution is -2.63. The van der Waals surface area contributed by atoms with Crippen molar-refractivity contribution in [2.24, 2.45) is 34.5 Å². The molecule has 0 aromatic heterocycles. The molecule has 0 aromatic rings. The predicted octanol–water partition coefficient (Wildman–Crippen LogP) is 3.33. The number of ketones is 2. The highest BCUT2D eigenvalue weighted by Gasteiger charge is 2.64. The fourth-order valence-corrected chi connectivity index (χ4v) is 5.88. The summed E-state index contributed by atoms with van der Waals surface area (Å²) in [6.45, 7) is 12.0. The Kier molecular flexibility index (Phi) is 3.72. The number of carbonyl (C=O) groups excluding carboxylic acids is 2. The van der Waals surface area contributed by atoms with Crippen LogP contribution in [0.1, 0.15) is 47.0 Å². The summed E-state index contributed by atoms with van der Waals surface area (Å²) in [4.78, 5) is 25.4. The molecular weight excluding hydrogens is 288 g/mol. The summed E-state index contributed by atoms with van der Waals surface area (Å²) in [7, 11) is 0. The van der Waals surface area contributed by atoms with Gasteiger partial charge in [-0.05, 0) is 42.2 Å². The van der Waals surface area contributed by atoms with Gasteiger partial charge in [-0.1, -0.05) is 40.3 Å². The molecule has 0 heterocycles. The van der Waals surface area contributed by atoms with E-state index in [1.54, 1.807) is 12.2 Å². The molecular formula is C20H28O3. The standard InChI is InChI=1S/C20H28O3/c1-6-12-9-14(21)18-13(11(12)2)7-8-15-19(3,4)16(22)10-17(23)20(15,18)5/h6,9,11,13,15,17-18,23H,1,7-8,10H2,2-5H3/t11-,13-,15-,17+,18+,20+/m0/s1. The van der Waals surface area contributed by atoms with Crippen LogP contribution in [0, 0.1) is 34.5 Å². The summed E-state index contributed by atoms with van der Waals surface area (Å²) >= 11 is 0. The van der Waals surface area contributed by atoms with Crippen LogP contribution in [0.15, 0.2) is 24.3 Å². The Hall–Kier alpha value is -1.22. The normalized spacial score (nSPS) is 45.8. The fraction of sp³-hybridized carbons (Fsp3) is 0.700. The van der Waals surface area contributed by atoms with Gasteiger partial charge in [-0.25, -0.2) is 0 Å². The molecule has 0 unspecified atom stereocenters. The second kappa shape index (κ2) is 5.14. The Morgan fingerprint density at radius 2 is 1.91 bits per heavy atom. The minimum atomic E-state index is -0.726. The smallest absolute Gasteiger partial charge is 0.159 e. The number of hydrogen-bond donors (Lipinski definition) is 1. The highest BCUT2D eigenvalue weighted by atomic mass is 16.3. The number of aliphatic hydroxyl groups is 1. The van der Waals surface area contributed by atoms with Crippen molar-refractivity contribution >= 4 is 11.6 Å². The summed E-state index contributed by atoms with van der Waals surface area (Å²) in [6.07, 6.45) is 4.79. The number of carbonyl (C=O) groups is 2. The molecule has 3 aliphatic rings. The lowest BCUT2D eigenvalue weighted by molar-refractivity contribution is -0.184. The van der Waals surface area contributed by atoms with Crippen molar-refractivity contribution in [1.82, 2.24) is 0 Å². The van der Waals surface area contributed by atoms with Crippen LogP contribution in [0.3, 0.4) is 0 Å². The molecule has 1 N–H and O–H groups in total. The highest BCUT2D eigenvalue weighted by Crippen LogP contribution is 2.62. The monoisotopic (exact) mass is 316 g/mol. The Bertz CT molecular complexity index is 600. The van der Waals surface area contributed by atoms with E-state index in [4.69, 9.17) is 0 Å². The third-order valence-electron chi connectivity index (χ3n) is 7.34. The molecule has 0 bridgehead atoms. The quantitative estimate of drug-likeness (QED) is 0.807. The van der Waals surface area contributed by atoms with Crippen LogP contribution >= 0.6 is 0 Å². The molecule has 3 nitrogen and oxygen atoms in total. The van der Waals surface area contributed by atoms with Gasteiger partial charge in [0.25, 0.3) is 0 Å². The van der Waals surface area contributed by atoms with Gasteiger partial charge in [-0.2, -0.15) is 0 Å². The Balaban J connectivity index is 2.11. The van der Waals surface area contributed by atoms with Crippen molar-refractivity contribution in [2.45, 2.75) is 53.1 Å². The van der Waals surface area contributed by atoms with E-state index in [0.29, 0.717) is 0 Å². The first-order chi connectivity index (χ1) is 10.7. The first kappa shape index (κ1) is 16.6. The van der Waals surface area contributed by atoms with Crippen LogP contribution in [0.5, 0.6) is 0 Å². The van der Waals surface area contributed by atoms with Crippen LogP contribution in [-0.4, -0.2) is 22.8 Å². The van der Waals surface area contributed by atoms with Crippen LogP contribution < -0.4 is 0 Å². The fourth-order valence-electron chi connectivity index (χ4n) is 5.88. The molecule has 2 saturated carbocycles. The number of allylic oxidation sites excluding steroid dienone is 3. The molecule has 126 valence electrons. The Morgan fingerprint density at radius 1 is 1.26 bits per heavy atom. The lowest BCUT2D eigenvalue weighted by Gasteiger charge is -2.61. The van der Waals surface area contributed by atoms with Gasteiger partial charge < -0.3 is 5.11 Å². The van der Waals surface area contributed by atoms with E-state index in [0.717, 1.165) is 18.4 Å². The van der Waals surface area contributed by atoms with Crippen molar-refractivity contribution in [3.63, 3.8) is 0 Å². The third-order valence-corrected chi connectivity index (χ3v) is 7.34. The lowest BCUT2D eigenvalue weighted by atomic mass is 9.42. The van der Waals surface area contributed by atoms with Crippen LogP contribution in [-0.2, 0) is 9.59 Å². The van der Waals surface area contributed by atoms with Crippen LogP contribution in [0.2, 0.25) is 0 Å². The molecule has 2 fully saturated rings. The van der Waals surface area contributed by atoms with E-state index in [1.165, 1.54) is 0 Å². The zero-order valence-corrected chi connectivity index (χ0v) is 14.6.